The van der Waals surface area contributed by atoms with E-state index in [1.807, 2.05) is 6.92 Å². The summed E-state index contributed by atoms with van der Waals surface area (Å²) in [5.74, 6) is 1.02. The Bertz CT molecular complexity index is 421. The summed E-state index contributed by atoms with van der Waals surface area (Å²) in [6, 6.07) is 3.50. The fourth-order valence-corrected chi connectivity index (χ4v) is 1.88. The average Bonchev–Trinajstić information content (AvgIpc) is 2.77. The van der Waals surface area contributed by atoms with Crippen molar-refractivity contribution in [3.63, 3.8) is 0 Å². The fourth-order valence-electron chi connectivity index (χ4n) is 1.88. The molecule has 1 aromatic rings. The highest BCUT2D eigenvalue weighted by atomic mass is 16.3. The molecule has 2 heterocycles. The Balaban J connectivity index is 1.75. The van der Waals surface area contributed by atoms with Crippen molar-refractivity contribution in [2.75, 3.05) is 19.6 Å². The van der Waals surface area contributed by atoms with Crippen molar-refractivity contribution in [3.05, 3.63) is 35.3 Å². The van der Waals surface area contributed by atoms with E-state index in [9.17, 15) is 4.79 Å². The van der Waals surface area contributed by atoms with Crippen LogP contribution in [0.15, 0.2) is 28.2 Å². The normalized spacial score (nSPS) is 15.5. The van der Waals surface area contributed by atoms with Crippen LogP contribution in [-0.4, -0.2) is 25.5 Å². The maximum Gasteiger partial charge on any atom is 0.287 e. The Morgan fingerprint density at radius 3 is 3.06 bits per heavy atom. The second-order valence-corrected chi connectivity index (χ2v) is 4.23. The summed E-state index contributed by atoms with van der Waals surface area (Å²) in [6.45, 7) is 4.48. The van der Waals surface area contributed by atoms with Gasteiger partial charge < -0.3 is 15.1 Å². The number of rotatable bonds is 4. The highest BCUT2D eigenvalue weighted by Gasteiger charge is 2.09. The average molecular weight is 234 g/mol. The van der Waals surface area contributed by atoms with Gasteiger partial charge in [0.15, 0.2) is 5.76 Å². The number of furan rings is 1. The first kappa shape index (κ1) is 11.9. The van der Waals surface area contributed by atoms with Crippen LogP contribution in [-0.2, 0) is 0 Å². The third kappa shape index (κ3) is 3.46. The van der Waals surface area contributed by atoms with Crippen molar-refractivity contribution in [2.24, 2.45) is 0 Å². The summed E-state index contributed by atoms with van der Waals surface area (Å²) in [7, 11) is 0. The van der Waals surface area contributed by atoms with E-state index in [-0.39, 0.29) is 5.91 Å². The summed E-state index contributed by atoms with van der Waals surface area (Å²) in [5.41, 5.74) is 1.42. The van der Waals surface area contributed by atoms with Crippen molar-refractivity contribution >= 4 is 5.91 Å². The Labute approximate surface area is 101 Å². The van der Waals surface area contributed by atoms with Crippen molar-refractivity contribution in [2.45, 2.75) is 19.8 Å². The lowest BCUT2D eigenvalue weighted by atomic mass is 10.1. The smallest absolute Gasteiger partial charge is 0.287 e. The molecule has 1 amide bonds. The maximum absolute atomic E-state index is 11.7. The molecule has 0 radical (unpaired) electrons. The van der Waals surface area contributed by atoms with Gasteiger partial charge in [-0.3, -0.25) is 4.79 Å². The zero-order valence-corrected chi connectivity index (χ0v) is 10.1. The Morgan fingerprint density at radius 2 is 2.41 bits per heavy atom. The molecular weight excluding hydrogens is 216 g/mol. The van der Waals surface area contributed by atoms with Gasteiger partial charge in [-0.15, -0.1) is 0 Å². The van der Waals surface area contributed by atoms with Crippen LogP contribution >= 0.6 is 0 Å². The molecule has 92 valence electrons. The van der Waals surface area contributed by atoms with Crippen LogP contribution in [0.4, 0.5) is 0 Å². The lowest BCUT2D eigenvalue weighted by molar-refractivity contribution is 0.0925. The highest BCUT2D eigenvalue weighted by Crippen LogP contribution is 2.09. The number of carbonyl (C=O) groups is 1. The number of hydrogen-bond donors (Lipinski definition) is 2. The van der Waals surface area contributed by atoms with Crippen LogP contribution in [0.3, 0.4) is 0 Å². The standard InChI is InChI=1S/C13H18N2O2/c1-10-2-3-12(17-10)13(16)15-9-6-11-4-7-14-8-5-11/h2-4,14H,5-9H2,1H3,(H,15,16). The Morgan fingerprint density at radius 1 is 1.53 bits per heavy atom. The van der Waals surface area contributed by atoms with Crippen molar-refractivity contribution in [3.8, 4) is 0 Å². The molecule has 1 aliphatic heterocycles. The molecule has 17 heavy (non-hydrogen) atoms. The van der Waals surface area contributed by atoms with Crippen molar-refractivity contribution in [1.29, 1.82) is 0 Å². The highest BCUT2D eigenvalue weighted by molar-refractivity contribution is 5.91. The van der Waals surface area contributed by atoms with Crippen LogP contribution in [0, 0.1) is 6.92 Å². The summed E-state index contributed by atoms with van der Waals surface area (Å²) in [4.78, 5) is 11.7. The maximum atomic E-state index is 11.7. The molecular formula is C13H18N2O2. The largest absolute Gasteiger partial charge is 0.456 e. The fraction of sp³-hybridized carbons (Fsp3) is 0.462. The molecule has 0 unspecified atom stereocenters. The van der Waals surface area contributed by atoms with E-state index >= 15 is 0 Å². The lowest BCUT2D eigenvalue weighted by Crippen LogP contribution is -2.26. The van der Waals surface area contributed by atoms with E-state index in [1.54, 1.807) is 12.1 Å². The van der Waals surface area contributed by atoms with Gasteiger partial charge in [0.2, 0.25) is 0 Å². The van der Waals surface area contributed by atoms with Gasteiger partial charge in [-0.1, -0.05) is 11.6 Å². The first-order valence-corrected chi connectivity index (χ1v) is 5.99. The van der Waals surface area contributed by atoms with Gasteiger partial charge in [0.05, 0.1) is 0 Å². The van der Waals surface area contributed by atoms with Crippen LogP contribution in [0.1, 0.15) is 29.2 Å². The zero-order chi connectivity index (χ0) is 12.1. The third-order valence-electron chi connectivity index (χ3n) is 2.85. The molecule has 0 aromatic carbocycles. The zero-order valence-electron chi connectivity index (χ0n) is 10.1. The van der Waals surface area contributed by atoms with E-state index in [0.29, 0.717) is 12.3 Å². The topological polar surface area (TPSA) is 54.3 Å². The van der Waals surface area contributed by atoms with Gasteiger partial charge in [0, 0.05) is 13.1 Å². The predicted molar refractivity (Wildman–Crippen MR) is 66.0 cm³/mol. The molecule has 4 nitrogen and oxygen atoms in total. The molecule has 1 aromatic heterocycles. The molecule has 0 atom stereocenters. The minimum Gasteiger partial charge on any atom is -0.456 e. The van der Waals surface area contributed by atoms with Gasteiger partial charge >= 0.3 is 0 Å². The van der Waals surface area contributed by atoms with Gasteiger partial charge in [0.25, 0.3) is 5.91 Å². The van der Waals surface area contributed by atoms with Gasteiger partial charge in [0.1, 0.15) is 5.76 Å². The SMILES string of the molecule is Cc1ccc(C(=O)NCCC2=CCNCC2)o1. The van der Waals surface area contributed by atoms with E-state index in [0.717, 1.165) is 31.7 Å². The predicted octanol–water partition coefficient (Wildman–Crippen LogP) is 1.63. The molecule has 2 rings (SSSR count). The van der Waals surface area contributed by atoms with Gasteiger partial charge in [-0.25, -0.2) is 0 Å². The number of carbonyl (C=O) groups excluding carboxylic acids is 1. The minimum atomic E-state index is -0.132. The van der Waals surface area contributed by atoms with E-state index in [4.69, 9.17) is 4.42 Å². The third-order valence-corrected chi connectivity index (χ3v) is 2.85. The number of amides is 1. The van der Waals surface area contributed by atoms with Crippen molar-refractivity contribution < 1.29 is 9.21 Å². The Kier molecular flexibility index (Phi) is 3.98. The molecule has 0 spiro atoms. The molecule has 4 heteroatoms. The summed E-state index contributed by atoms with van der Waals surface area (Å²) < 4.78 is 5.25. The van der Waals surface area contributed by atoms with Crippen LogP contribution in [0.2, 0.25) is 0 Å². The number of aryl methyl sites for hydroxylation is 1. The molecule has 0 aliphatic carbocycles. The lowest BCUT2D eigenvalue weighted by Gasteiger charge is -2.13. The minimum absolute atomic E-state index is 0.132. The quantitative estimate of drug-likeness (QED) is 0.778. The molecule has 1 aliphatic rings. The first-order chi connectivity index (χ1) is 8.25. The second-order valence-electron chi connectivity index (χ2n) is 4.23. The van der Waals surface area contributed by atoms with Crippen LogP contribution in [0.5, 0.6) is 0 Å². The number of nitrogens with one attached hydrogen (secondary N) is 2. The molecule has 2 N–H and O–H groups in total. The van der Waals surface area contributed by atoms with E-state index in [1.165, 1.54) is 5.57 Å². The molecule has 0 saturated carbocycles. The van der Waals surface area contributed by atoms with Crippen LogP contribution < -0.4 is 10.6 Å². The first-order valence-electron chi connectivity index (χ1n) is 5.99. The van der Waals surface area contributed by atoms with E-state index < -0.39 is 0 Å². The summed E-state index contributed by atoms with van der Waals surface area (Å²) in [5, 5.41) is 6.13. The summed E-state index contributed by atoms with van der Waals surface area (Å²) in [6.07, 6.45) is 4.20. The van der Waals surface area contributed by atoms with Gasteiger partial charge in [-0.05, 0) is 38.4 Å². The van der Waals surface area contributed by atoms with Crippen LogP contribution in [0.25, 0.3) is 0 Å². The molecule has 0 fully saturated rings. The van der Waals surface area contributed by atoms with Gasteiger partial charge in [-0.2, -0.15) is 0 Å². The monoisotopic (exact) mass is 234 g/mol. The Hall–Kier alpha value is -1.55. The van der Waals surface area contributed by atoms with E-state index in [2.05, 4.69) is 16.7 Å². The number of hydrogen-bond acceptors (Lipinski definition) is 3. The summed E-state index contributed by atoms with van der Waals surface area (Å²) >= 11 is 0. The van der Waals surface area contributed by atoms with Crippen molar-refractivity contribution in [1.82, 2.24) is 10.6 Å². The molecule has 0 bridgehead atoms. The second kappa shape index (κ2) is 5.68. The molecule has 0 saturated heterocycles.